The summed E-state index contributed by atoms with van der Waals surface area (Å²) in [6.45, 7) is 3.26. The molecule has 0 aliphatic carbocycles. The molecule has 2 aliphatic rings. The van der Waals surface area contributed by atoms with Gasteiger partial charge in [0, 0.05) is 0 Å². The minimum atomic E-state index is -0.335. The van der Waals surface area contributed by atoms with Gasteiger partial charge in [-0.15, -0.1) is 0 Å². The Hall–Kier alpha value is -1.95. The molecule has 1 atom stereocenters. The van der Waals surface area contributed by atoms with Gasteiger partial charge < -0.3 is 19.9 Å². The number of fused-ring (bicyclic) bond motifs is 1. The zero-order chi connectivity index (χ0) is 13.1. The third-order valence-corrected chi connectivity index (χ3v) is 3.08. The summed E-state index contributed by atoms with van der Waals surface area (Å²) in [6, 6.07) is 7.55. The number of nitrogens with zero attached hydrogens (tertiary/aromatic N) is 2. The highest BCUT2D eigenvalue weighted by Gasteiger charge is 2.24. The van der Waals surface area contributed by atoms with E-state index in [9.17, 15) is 0 Å². The molecule has 1 fully saturated rings. The Bertz CT molecular complexity index is 472. The van der Waals surface area contributed by atoms with Gasteiger partial charge in [-0.1, -0.05) is 12.1 Å². The number of hydrogen-bond donors (Lipinski definition) is 1. The van der Waals surface area contributed by atoms with E-state index in [1.807, 2.05) is 29.3 Å². The average molecular weight is 263 g/mol. The molecule has 2 aliphatic heterocycles. The monoisotopic (exact) mass is 263 g/mol. The molecule has 0 saturated carbocycles. The molecular formula is C13H17N3O3. The SMILES string of the molecule is NC(=NN1CCOCC1)[C@H]1COc2ccccc2O1. The Labute approximate surface area is 111 Å². The zero-order valence-corrected chi connectivity index (χ0v) is 10.6. The topological polar surface area (TPSA) is 69.3 Å². The normalized spacial score (nSPS) is 23.3. The molecule has 1 saturated heterocycles. The van der Waals surface area contributed by atoms with Gasteiger partial charge in [-0.05, 0) is 12.1 Å². The van der Waals surface area contributed by atoms with Crippen LogP contribution in [0, 0.1) is 0 Å². The van der Waals surface area contributed by atoms with E-state index >= 15 is 0 Å². The van der Waals surface area contributed by atoms with Gasteiger partial charge >= 0.3 is 0 Å². The standard InChI is InChI=1S/C13H17N3O3/c14-13(15-16-5-7-17-8-6-16)12-9-18-10-3-1-2-4-11(10)19-12/h1-4,12H,5-9H2,(H2,14,15)/t12-/m1/s1. The predicted molar refractivity (Wildman–Crippen MR) is 70.4 cm³/mol. The van der Waals surface area contributed by atoms with Gasteiger partial charge in [-0.2, -0.15) is 5.10 Å². The van der Waals surface area contributed by atoms with Crippen LogP contribution in [0.15, 0.2) is 29.4 Å². The van der Waals surface area contributed by atoms with Crippen LogP contribution in [0.3, 0.4) is 0 Å². The molecule has 0 spiro atoms. The van der Waals surface area contributed by atoms with Crippen molar-refractivity contribution in [1.29, 1.82) is 0 Å². The first-order valence-electron chi connectivity index (χ1n) is 6.38. The molecule has 6 heteroatoms. The highest BCUT2D eigenvalue weighted by molar-refractivity contribution is 5.85. The molecule has 0 aromatic heterocycles. The maximum atomic E-state index is 6.00. The van der Waals surface area contributed by atoms with Crippen LogP contribution in [0.1, 0.15) is 0 Å². The summed E-state index contributed by atoms with van der Waals surface area (Å²) in [5.74, 6) is 1.90. The molecule has 0 unspecified atom stereocenters. The number of benzene rings is 1. The third-order valence-electron chi connectivity index (χ3n) is 3.08. The molecule has 6 nitrogen and oxygen atoms in total. The molecule has 3 rings (SSSR count). The second-order valence-corrected chi connectivity index (χ2v) is 4.46. The van der Waals surface area contributed by atoms with Gasteiger partial charge in [0.25, 0.3) is 0 Å². The third kappa shape index (κ3) is 2.73. The van der Waals surface area contributed by atoms with E-state index < -0.39 is 0 Å². The Morgan fingerprint density at radius 1 is 1.21 bits per heavy atom. The van der Waals surface area contributed by atoms with Crippen molar-refractivity contribution >= 4 is 5.84 Å². The van der Waals surface area contributed by atoms with Crippen LogP contribution in [0.4, 0.5) is 0 Å². The number of amidine groups is 1. The van der Waals surface area contributed by atoms with Crippen LogP contribution in [0.5, 0.6) is 11.5 Å². The van der Waals surface area contributed by atoms with E-state index in [-0.39, 0.29) is 6.10 Å². The first-order valence-corrected chi connectivity index (χ1v) is 6.38. The maximum Gasteiger partial charge on any atom is 0.191 e. The first kappa shape index (κ1) is 12.1. The molecule has 0 radical (unpaired) electrons. The summed E-state index contributed by atoms with van der Waals surface area (Å²) >= 11 is 0. The zero-order valence-electron chi connectivity index (χ0n) is 10.6. The van der Waals surface area contributed by atoms with Crippen molar-refractivity contribution in [2.24, 2.45) is 10.8 Å². The van der Waals surface area contributed by atoms with Gasteiger partial charge in [0.05, 0.1) is 26.3 Å². The smallest absolute Gasteiger partial charge is 0.191 e. The summed E-state index contributed by atoms with van der Waals surface area (Å²) in [4.78, 5) is 0. The Kier molecular flexibility index (Phi) is 3.41. The quantitative estimate of drug-likeness (QED) is 0.619. The van der Waals surface area contributed by atoms with E-state index in [0.29, 0.717) is 31.4 Å². The number of hydrogen-bond acceptors (Lipinski definition) is 5. The van der Waals surface area contributed by atoms with Crippen LogP contribution < -0.4 is 15.2 Å². The summed E-state index contributed by atoms with van der Waals surface area (Å²) in [5, 5.41) is 6.28. The van der Waals surface area contributed by atoms with Gasteiger partial charge in [0.15, 0.2) is 23.4 Å². The van der Waals surface area contributed by atoms with Gasteiger partial charge in [-0.25, -0.2) is 0 Å². The molecule has 2 heterocycles. The second kappa shape index (κ2) is 5.36. The van der Waals surface area contributed by atoms with Crippen LogP contribution >= 0.6 is 0 Å². The van der Waals surface area contributed by atoms with Gasteiger partial charge in [0.1, 0.15) is 6.61 Å². The van der Waals surface area contributed by atoms with Crippen LogP contribution in [0.2, 0.25) is 0 Å². The van der Waals surface area contributed by atoms with E-state index in [4.69, 9.17) is 19.9 Å². The van der Waals surface area contributed by atoms with Crippen LogP contribution in [-0.2, 0) is 4.74 Å². The molecule has 0 amide bonds. The highest BCUT2D eigenvalue weighted by Crippen LogP contribution is 2.30. The maximum absolute atomic E-state index is 6.00. The van der Waals surface area contributed by atoms with E-state index in [1.54, 1.807) is 0 Å². The summed E-state index contributed by atoms with van der Waals surface area (Å²) in [6.07, 6.45) is -0.335. The van der Waals surface area contributed by atoms with E-state index in [1.165, 1.54) is 0 Å². The fraction of sp³-hybridized carbons (Fsp3) is 0.462. The van der Waals surface area contributed by atoms with E-state index in [2.05, 4.69) is 5.10 Å². The second-order valence-electron chi connectivity index (χ2n) is 4.46. The fourth-order valence-corrected chi connectivity index (χ4v) is 2.05. The highest BCUT2D eigenvalue weighted by atomic mass is 16.6. The predicted octanol–water partition coefficient (Wildman–Crippen LogP) is 0.431. The minimum absolute atomic E-state index is 0.335. The minimum Gasteiger partial charge on any atom is -0.485 e. The number of ether oxygens (including phenoxy) is 3. The Morgan fingerprint density at radius 2 is 1.95 bits per heavy atom. The number of rotatable bonds is 2. The lowest BCUT2D eigenvalue weighted by molar-refractivity contribution is 0.0381. The Morgan fingerprint density at radius 3 is 2.74 bits per heavy atom. The lowest BCUT2D eigenvalue weighted by Gasteiger charge is -2.28. The first-order chi connectivity index (χ1) is 9.33. The molecule has 1 aromatic carbocycles. The van der Waals surface area contributed by atoms with Gasteiger partial charge in [-0.3, -0.25) is 5.01 Å². The molecule has 1 aromatic rings. The Balaban J connectivity index is 1.68. The average Bonchev–Trinajstić information content (AvgIpc) is 2.48. The van der Waals surface area contributed by atoms with Crippen LogP contribution in [0.25, 0.3) is 0 Å². The lowest BCUT2D eigenvalue weighted by Crippen LogP contribution is -2.44. The molecule has 19 heavy (non-hydrogen) atoms. The fourth-order valence-electron chi connectivity index (χ4n) is 2.05. The number of morpholine rings is 1. The van der Waals surface area contributed by atoms with Crippen molar-refractivity contribution < 1.29 is 14.2 Å². The molecular weight excluding hydrogens is 246 g/mol. The van der Waals surface area contributed by atoms with Crippen molar-refractivity contribution in [3.05, 3.63) is 24.3 Å². The molecule has 0 bridgehead atoms. The number of hydrazone groups is 1. The van der Waals surface area contributed by atoms with Crippen LogP contribution in [-0.4, -0.2) is 49.9 Å². The van der Waals surface area contributed by atoms with Crippen molar-refractivity contribution in [2.75, 3.05) is 32.9 Å². The van der Waals surface area contributed by atoms with Crippen molar-refractivity contribution in [3.8, 4) is 11.5 Å². The number of nitrogens with two attached hydrogens (primary N) is 1. The summed E-state index contributed by atoms with van der Waals surface area (Å²) in [7, 11) is 0. The lowest BCUT2D eigenvalue weighted by atomic mass is 10.2. The summed E-state index contributed by atoms with van der Waals surface area (Å²) < 4.78 is 16.7. The van der Waals surface area contributed by atoms with Crippen molar-refractivity contribution in [3.63, 3.8) is 0 Å². The van der Waals surface area contributed by atoms with Crippen molar-refractivity contribution in [1.82, 2.24) is 5.01 Å². The largest absolute Gasteiger partial charge is 0.485 e. The molecule has 102 valence electrons. The molecule has 2 N–H and O–H groups in total. The van der Waals surface area contributed by atoms with Gasteiger partial charge in [0.2, 0.25) is 0 Å². The summed E-state index contributed by atoms with van der Waals surface area (Å²) in [5.41, 5.74) is 6.00. The number of para-hydroxylation sites is 2. The van der Waals surface area contributed by atoms with Crippen molar-refractivity contribution in [2.45, 2.75) is 6.10 Å². The van der Waals surface area contributed by atoms with E-state index in [0.717, 1.165) is 18.8 Å².